The summed E-state index contributed by atoms with van der Waals surface area (Å²) >= 11 is 0. The van der Waals surface area contributed by atoms with Crippen LogP contribution in [0.2, 0.25) is 0 Å². The lowest BCUT2D eigenvalue weighted by molar-refractivity contribution is -0.129. The molecule has 1 aliphatic heterocycles. The number of methoxy groups -OCH3 is 1. The molecule has 0 spiro atoms. The Balaban J connectivity index is 2.05. The summed E-state index contributed by atoms with van der Waals surface area (Å²) in [4.78, 5) is 13.6. The van der Waals surface area contributed by atoms with Gasteiger partial charge in [0.15, 0.2) is 0 Å². The van der Waals surface area contributed by atoms with Gasteiger partial charge in [0, 0.05) is 19.0 Å². The number of amides is 1. The molecule has 1 heterocycles. The zero-order chi connectivity index (χ0) is 11.5. The first-order chi connectivity index (χ1) is 7.70. The molecule has 0 saturated carbocycles. The lowest BCUT2D eigenvalue weighted by Crippen LogP contribution is -2.30. The van der Waals surface area contributed by atoms with Gasteiger partial charge in [0.05, 0.1) is 7.11 Å². The normalized spacial score (nSPS) is 20.2. The van der Waals surface area contributed by atoms with Gasteiger partial charge in [0.2, 0.25) is 5.91 Å². The lowest BCUT2D eigenvalue weighted by atomic mass is 10.2. The minimum atomic E-state index is 0.267. The summed E-state index contributed by atoms with van der Waals surface area (Å²) in [5.41, 5.74) is 1.16. The largest absolute Gasteiger partial charge is 0.497 e. The Bertz CT molecular complexity index is 372. The number of carbonyl (C=O) groups is 1. The maximum atomic E-state index is 11.6. The first-order valence-corrected chi connectivity index (χ1v) is 5.63. The van der Waals surface area contributed by atoms with E-state index < -0.39 is 0 Å². The molecular formula is C13H17NO2. The Morgan fingerprint density at radius 1 is 1.38 bits per heavy atom. The molecule has 1 fully saturated rings. The Kier molecular flexibility index (Phi) is 3.13. The van der Waals surface area contributed by atoms with Gasteiger partial charge in [-0.25, -0.2) is 0 Å². The van der Waals surface area contributed by atoms with E-state index in [0.717, 1.165) is 17.7 Å². The molecule has 1 aromatic rings. The van der Waals surface area contributed by atoms with Gasteiger partial charge in [-0.05, 0) is 31.0 Å². The average molecular weight is 219 g/mol. The Labute approximate surface area is 96.0 Å². The molecule has 86 valence electrons. The highest BCUT2D eigenvalue weighted by Gasteiger charge is 2.26. The second kappa shape index (κ2) is 4.56. The van der Waals surface area contributed by atoms with Crippen LogP contribution in [0.5, 0.6) is 5.75 Å². The fourth-order valence-corrected chi connectivity index (χ4v) is 2.05. The highest BCUT2D eigenvalue weighted by Crippen LogP contribution is 2.21. The Morgan fingerprint density at radius 2 is 2.06 bits per heavy atom. The molecule has 1 amide bonds. The fourth-order valence-electron chi connectivity index (χ4n) is 2.05. The van der Waals surface area contributed by atoms with Crippen molar-refractivity contribution < 1.29 is 9.53 Å². The van der Waals surface area contributed by atoms with Crippen molar-refractivity contribution in [3.8, 4) is 5.75 Å². The van der Waals surface area contributed by atoms with Crippen LogP contribution in [0.25, 0.3) is 0 Å². The highest BCUT2D eigenvalue weighted by molar-refractivity contribution is 5.78. The molecule has 0 N–H and O–H groups in total. The Hall–Kier alpha value is -1.51. The second-order valence-electron chi connectivity index (χ2n) is 4.26. The van der Waals surface area contributed by atoms with Gasteiger partial charge in [-0.1, -0.05) is 12.1 Å². The molecule has 1 atom stereocenters. The van der Waals surface area contributed by atoms with Crippen LogP contribution in [0.4, 0.5) is 0 Å². The van der Waals surface area contributed by atoms with Gasteiger partial charge in [-0.3, -0.25) is 4.79 Å². The van der Waals surface area contributed by atoms with Crippen molar-refractivity contribution in [1.29, 1.82) is 0 Å². The number of hydrogen-bond donors (Lipinski definition) is 0. The maximum Gasteiger partial charge on any atom is 0.223 e. The van der Waals surface area contributed by atoms with Crippen LogP contribution in [0.15, 0.2) is 24.3 Å². The maximum absolute atomic E-state index is 11.6. The van der Waals surface area contributed by atoms with Gasteiger partial charge in [-0.2, -0.15) is 0 Å². The molecule has 3 heteroatoms. The molecule has 1 unspecified atom stereocenters. The number of hydrogen-bond acceptors (Lipinski definition) is 2. The van der Waals surface area contributed by atoms with E-state index in [1.54, 1.807) is 7.11 Å². The van der Waals surface area contributed by atoms with Crippen molar-refractivity contribution in [3.05, 3.63) is 29.8 Å². The molecule has 1 aliphatic rings. The van der Waals surface area contributed by atoms with Crippen LogP contribution < -0.4 is 4.74 Å². The number of likely N-dealkylation sites (tertiary alicyclic amines) is 1. The van der Waals surface area contributed by atoms with Crippen LogP contribution in [-0.4, -0.2) is 24.0 Å². The molecule has 0 radical (unpaired) electrons. The predicted octanol–water partition coefficient (Wildman–Crippen LogP) is 2.21. The topological polar surface area (TPSA) is 29.5 Å². The smallest absolute Gasteiger partial charge is 0.223 e. The molecule has 1 aromatic carbocycles. The number of carbonyl (C=O) groups excluding carboxylic acids is 1. The van der Waals surface area contributed by atoms with Gasteiger partial charge in [0.25, 0.3) is 0 Å². The van der Waals surface area contributed by atoms with E-state index in [-0.39, 0.29) is 5.91 Å². The lowest BCUT2D eigenvalue weighted by Gasteiger charge is -2.21. The van der Waals surface area contributed by atoms with Crippen LogP contribution in [0, 0.1) is 0 Å². The summed E-state index contributed by atoms with van der Waals surface area (Å²) in [7, 11) is 1.65. The van der Waals surface area contributed by atoms with E-state index in [0.29, 0.717) is 19.0 Å². The van der Waals surface area contributed by atoms with E-state index >= 15 is 0 Å². The number of ether oxygens (including phenoxy) is 1. The van der Waals surface area contributed by atoms with E-state index in [2.05, 4.69) is 6.92 Å². The number of rotatable bonds is 3. The molecule has 1 saturated heterocycles. The van der Waals surface area contributed by atoms with Gasteiger partial charge in [-0.15, -0.1) is 0 Å². The summed E-state index contributed by atoms with van der Waals surface area (Å²) in [5, 5.41) is 0. The molecule has 0 bridgehead atoms. The third kappa shape index (κ3) is 2.18. The zero-order valence-electron chi connectivity index (χ0n) is 9.77. The standard InChI is InChI=1S/C13H17NO2/c1-10-3-8-13(15)14(10)9-11-4-6-12(16-2)7-5-11/h4-7,10H,3,8-9H2,1-2H3. The van der Waals surface area contributed by atoms with Gasteiger partial charge >= 0.3 is 0 Å². The minimum Gasteiger partial charge on any atom is -0.497 e. The summed E-state index contributed by atoms with van der Waals surface area (Å²) in [6.45, 7) is 2.82. The third-order valence-corrected chi connectivity index (χ3v) is 3.14. The van der Waals surface area contributed by atoms with Crippen molar-refractivity contribution in [1.82, 2.24) is 4.90 Å². The third-order valence-electron chi connectivity index (χ3n) is 3.14. The van der Waals surface area contributed by atoms with Crippen LogP contribution in [-0.2, 0) is 11.3 Å². The molecule has 0 aromatic heterocycles. The first-order valence-electron chi connectivity index (χ1n) is 5.63. The van der Waals surface area contributed by atoms with E-state index in [1.165, 1.54) is 0 Å². The van der Waals surface area contributed by atoms with Crippen LogP contribution in [0.3, 0.4) is 0 Å². The Morgan fingerprint density at radius 3 is 2.56 bits per heavy atom. The van der Waals surface area contributed by atoms with Crippen molar-refractivity contribution >= 4 is 5.91 Å². The summed E-state index contributed by atoms with van der Waals surface area (Å²) < 4.78 is 5.10. The fraction of sp³-hybridized carbons (Fsp3) is 0.462. The molecule has 16 heavy (non-hydrogen) atoms. The first kappa shape index (κ1) is 11.0. The summed E-state index contributed by atoms with van der Waals surface area (Å²) in [6.07, 6.45) is 1.67. The number of benzene rings is 1. The summed E-state index contributed by atoms with van der Waals surface area (Å²) in [6, 6.07) is 8.25. The summed E-state index contributed by atoms with van der Waals surface area (Å²) in [5.74, 6) is 1.12. The average Bonchev–Trinajstić information content (AvgIpc) is 2.62. The van der Waals surface area contributed by atoms with Gasteiger partial charge in [0.1, 0.15) is 5.75 Å². The molecule has 3 nitrogen and oxygen atoms in total. The van der Waals surface area contributed by atoms with E-state index in [4.69, 9.17) is 4.74 Å². The monoisotopic (exact) mass is 219 g/mol. The quantitative estimate of drug-likeness (QED) is 0.780. The molecular weight excluding hydrogens is 202 g/mol. The zero-order valence-corrected chi connectivity index (χ0v) is 9.77. The van der Waals surface area contributed by atoms with Crippen LogP contribution >= 0.6 is 0 Å². The molecule has 0 aliphatic carbocycles. The van der Waals surface area contributed by atoms with Gasteiger partial charge < -0.3 is 9.64 Å². The van der Waals surface area contributed by atoms with Crippen molar-refractivity contribution in [2.24, 2.45) is 0 Å². The van der Waals surface area contributed by atoms with Crippen molar-refractivity contribution in [2.45, 2.75) is 32.4 Å². The van der Waals surface area contributed by atoms with E-state index in [1.807, 2.05) is 29.2 Å². The SMILES string of the molecule is COc1ccc(CN2C(=O)CCC2C)cc1. The predicted molar refractivity (Wildman–Crippen MR) is 62.2 cm³/mol. The van der Waals surface area contributed by atoms with Crippen molar-refractivity contribution in [3.63, 3.8) is 0 Å². The minimum absolute atomic E-state index is 0.267. The molecule has 2 rings (SSSR count). The highest BCUT2D eigenvalue weighted by atomic mass is 16.5. The number of nitrogens with zero attached hydrogens (tertiary/aromatic N) is 1. The second-order valence-corrected chi connectivity index (χ2v) is 4.26. The van der Waals surface area contributed by atoms with Crippen LogP contribution in [0.1, 0.15) is 25.3 Å². The van der Waals surface area contributed by atoms with E-state index in [9.17, 15) is 4.79 Å². The van der Waals surface area contributed by atoms with Crippen molar-refractivity contribution in [2.75, 3.05) is 7.11 Å².